The summed E-state index contributed by atoms with van der Waals surface area (Å²) in [6, 6.07) is 0. The maximum atomic E-state index is 11.9. The number of rotatable bonds is 5. The number of hydrogen-bond acceptors (Lipinski definition) is 6. The molecule has 0 saturated carbocycles. The summed E-state index contributed by atoms with van der Waals surface area (Å²) in [6.07, 6.45) is 3.36. The first kappa shape index (κ1) is 13.2. The number of hydrogen-bond donors (Lipinski definition) is 2. The van der Waals surface area contributed by atoms with Crippen LogP contribution >= 0.6 is 11.3 Å². The number of ether oxygens (including phenoxy) is 1. The molecule has 1 aromatic heterocycles. The molecule has 0 aromatic carbocycles. The van der Waals surface area contributed by atoms with Crippen LogP contribution in [0.4, 0.5) is 5.13 Å². The van der Waals surface area contributed by atoms with E-state index >= 15 is 0 Å². The van der Waals surface area contributed by atoms with Crippen LogP contribution in [0.1, 0.15) is 31.2 Å². The summed E-state index contributed by atoms with van der Waals surface area (Å²) in [5.41, 5.74) is 4.86. The molecule has 0 spiro atoms. The van der Waals surface area contributed by atoms with Crippen LogP contribution in [0, 0.1) is 0 Å². The van der Waals surface area contributed by atoms with Crippen LogP contribution in [0.2, 0.25) is 0 Å². The number of aryl methyl sites for hydroxylation is 1. The number of nitrogens with two attached hydrogens (primary N) is 1. The Hall–Kier alpha value is -1.21. The van der Waals surface area contributed by atoms with E-state index in [-0.39, 0.29) is 5.91 Å². The predicted molar refractivity (Wildman–Crippen MR) is 69.2 cm³/mol. The Labute approximate surface area is 110 Å². The molecule has 2 heterocycles. The minimum atomic E-state index is -0.632. The summed E-state index contributed by atoms with van der Waals surface area (Å²) in [4.78, 5) is 11.9. The first-order chi connectivity index (χ1) is 8.60. The smallest absolute Gasteiger partial charge is 0.251 e. The van der Waals surface area contributed by atoms with Gasteiger partial charge in [-0.3, -0.25) is 4.79 Å². The lowest BCUT2D eigenvalue weighted by atomic mass is 10.0. The van der Waals surface area contributed by atoms with Gasteiger partial charge in [-0.25, -0.2) is 0 Å². The van der Waals surface area contributed by atoms with Gasteiger partial charge in [0.15, 0.2) is 0 Å². The molecular formula is C11H18N4O2S. The average molecular weight is 270 g/mol. The van der Waals surface area contributed by atoms with Crippen molar-refractivity contribution in [3.8, 4) is 0 Å². The fourth-order valence-electron chi connectivity index (χ4n) is 1.95. The maximum Gasteiger partial charge on any atom is 0.251 e. The fraction of sp³-hybridized carbons (Fsp3) is 0.727. The topological polar surface area (TPSA) is 90.1 Å². The molecule has 18 heavy (non-hydrogen) atoms. The second-order valence-electron chi connectivity index (χ2n) is 4.58. The van der Waals surface area contributed by atoms with E-state index in [1.807, 2.05) is 6.92 Å². The second-order valence-corrected chi connectivity index (χ2v) is 5.67. The largest absolute Gasteiger partial charge is 0.374 e. The summed E-state index contributed by atoms with van der Waals surface area (Å²) in [7, 11) is 0. The Morgan fingerprint density at radius 3 is 3.06 bits per heavy atom. The monoisotopic (exact) mass is 270 g/mol. The molecule has 1 fully saturated rings. The van der Waals surface area contributed by atoms with Crippen LogP contribution < -0.4 is 11.1 Å². The zero-order chi connectivity index (χ0) is 13.0. The summed E-state index contributed by atoms with van der Waals surface area (Å²) in [6.45, 7) is 3.14. The van der Waals surface area contributed by atoms with E-state index in [1.165, 1.54) is 11.3 Å². The molecule has 6 nitrogen and oxygen atoms in total. The van der Waals surface area contributed by atoms with Crippen molar-refractivity contribution >= 4 is 22.4 Å². The zero-order valence-corrected chi connectivity index (χ0v) is 11.3. The molecule has 100 valence electrons. The molecule has 7 heteroatoms. The maximum absolute atomic E-state index is 11.9. The van der Waals surface area contributed by atoms with Gasteiger partial charge in [0.1, 0.15) is 10.6 Å². The van der Waals surface area contributed by atoms with Gasteiger partial charge in [-0.2, -0.15) is 0 Å². The third-order valence-corrected chi connectivity index (χ3v) is 3.85. The minimum Gasteiger partial charge on any atom is -0.374 e. The standard InChI is InChI=1S/C11H18N4O2S/c1-11(5-3-7-17-11)9(16)13-6-2-4-8-14-15-10(12)18-8/h2-7H2,1H3,(H2,12,15)(H,13,16). The molecule has 0 bridgehead atoms. The van der Waals surface area contributed by atoms with E-state index in [0.29, 0.717) is 18.3 Å². The molecule has 0 radical (unpaired) electrons. The lowest BCUT2D eigenvalue weighted by Crippen LogP contribution is -2.44. The third-order valence-electron chi connectivity index (χ3n) is 3.03. The normalized spacial score (nSPS) is 23.2. The van der Waals surface area contributed by atoms with Gasteiger partial charge < -0.3 is 15.8 Å². The van der Waals surface area contributed by atoms with Crippen molar-refractivity contribution in [2.75, 3.05) is 18.9 Å². The highest BCUT2D eigenvalue weighted by Gasteiger charge is 2.37. The highest BCUT2D eigenvalue weighted by atomic mass is 32.1. The minimum absolute atomic E-state index is 0.0169. The number of aromatic nitrogens is 2. The van der Waals surface area contributed by atoms with Crippen molar-refractivity contribution in [3.63, 3.8) is 0 Å². The number of carbonyl (C=O) groups excluding carboxylic acids is 1. The van der Waals surface area contributed by atoms with Crippen molar-refractivity contribution in [1.82, 2.24) is 15.5 Å². The summed E-state index contributed by atoms with van der Waals surface area (Å²) in [5, 5.41) is 12.0. The molecule has 1 aromatic rings. The average Bonchev–Trinajstić information content (AvgIpc) is 2.94. The summed E-state index contributed by atoms with van der Waals surface area (Å²) in [5.74, 6) is -0.0169. The van der Waals surface area contributed by atoms with Crippen LogP contribution in [0.15, 0.2) is 0 Å². The van der Waals surface area contributed by atoms with Gasteiger partial charge in [-0.05, 0) is 26.2 Å². The Balaban J connectivity index is 1.67. The Bertz CT molecular complexity index is 415. The molecule has 1 aliphatic heterocycles. The number of nitrogen functional groups attached to an aromatic ring is 1. The molecule has 1 saturated heterocycles. The molecule has 1 unspecified atom stereocenters. The van der Waals surface area contributed by atoms with E-state index in [1.54, 1.807) is 0 Å². The van der Waals surface area contributed by atoms with Crippen molar-refractivity contribution in [3.05, 3.63) is 5.01 Å². The van der Waals surface area contributed by atoms with Crippen LogP contribution in [-0.4, -0.2) is 34.9 Å². The van der Waals surface area contributed by atoms with Crippen molar-refractivity contribution < 1.29 is 9.53 Å². The zero-order valence-electron chi connectivity index (χ0n) is 10.4. The van der Waals surface area contributed by atoms with Crippen molar-refractivity contribution in [1.29, 1.82) is 0 Å². The number of carbonyl (C=O) groups is 1. The van der Waals surface area contributed by atoms with Crippen LogP contribution in [0.3, 0.4) is 0 Å². The highest BCUT2D eigenvalue weighted by molar-refractivity contribution is 7.15. The van der Waals surface area contributed by atoms with E-state index in [0.717, 1.165) is 30.7 Å². The molecule has 3 N–H and O–H groups in total. The third kappa shape index (κ3) is 3.17. The number of nitrogens with zero attached hydrogens (tertiary/aromatic N) is 2. The van der Waals surface area contributed by atoms with E-state index in [9.17, 15) is 4.79 Å². The van der Waals surface area contributed by atoms with E-state index in [4.69, 9.17) is 10.5 Å². The van der Waals surface area contributed by atoms with Gasteiger partial charge in [-0.15, -0.1) is 10.2 Å². The van der Waals surface area contributed by atoms with Crippen LogP contribution in [0.5, 0.6) is 0 Å². The Morgan fingerprint density at radius 1 is 1.61 bits per heavy atom. The quantitative estimate of drug-likeness (QED) is 0.770. The SMILES string of the molecule is CC1(C(=O)NCCCc2nnc(N)s2)CCCO1. The van der Waals surface area contributed by atoms with Gasteiger partial charge in [0.2, 0.25) is 5.13 Å². The molecule has 2 rings (SSSR count). The summed E-state index contributed by atoms with van der Waals surface area (Å²) < 4.78 is 5.47. The molecule has 1 amide bonds. The van der Waals surface area contributed by atoms with Gasteiger partial charge >= 0.3 is 0 Å². The second kappa shape index (κ2) is 5.62. The first-order valence-corrected chi connectivity index (χ1v) is 6.92. The molecule has 1 atom stereocenters. The summed E-state index contributed by atoms with van der Waals surface area (Å²) >= 11 is 1.39. The van der Waals surface area contributed by atoms with Crippen molar-refractivity contribution in [2.45, 2.75) is 38.2 Å². The highest BCUT2D eigenvalue weighted by Crippen LogP contribution is 2.24. The van der Waals surface area contributed by atoms with Crippen LogP contribution in [0.25, 0.3) is 0 Å². The predicted octanol–water partition coefficient (Wildman–Crippen LogP) is 0.738. The fourth-order valence-corrected chi connectivity index (χ4v) is 2.61. The van der Waals surface area contributed by atoms with E-state index in [2.05, 4.69) is 15.5 Å². The number of anilines is 1. The molecule has 0 aliphatic carbocycles. The number of amides is 1. The van der Waals surface area contributed by atoms with E-state index < -0.39 is 5.60 Å². The van der Waals surface area contributed by atoms with Gasteiger partial charge in [-0.1, -0.05) is 11.3 Å². The lowest BCUT2D eigenvalue weighted by molar-refractivity contribution is -0.139. The number of nitrogens with one attached hydrogen (secondary N) is 1. The lowest BCUT2D eigenvalue weighted by Gasteiger charge is -2.21. The van der Waals surface area contributed by atoms with Crippen LogP contribution in [-0.2, 0) is 16.0 Å². The van der Waals surface area contributed by atoms with Gasteiger partial charge in [0.25, 0.3) is 5.91 Å². The molecule has 1 aliphatic rings. The Morgan fingerprint density at radius 2 is 2.44 bits per heavy atom. The first-order valence-electron chi connectivity index (χ1n) is 6.10. The van der Waals surface area contributed by atoms with Gasteiger partial charge in [0.05, 0.1) is 0 Å². The molecular weight excluding hydrogens is 252 g/mol. The van der Waals surface area contributed by atoms with Gasteiger partial charge in [0, 0.05) is 19.6 Å². The Kier molecular flexibility index (Phi) is 4.13. The van der Waals surface area contributed by atoms with Crippen molar-refractivity contribution in [2.24, 2.45) is 0 Å².